The van der Waals surface area contributed by atoms with E-state index in [0.717, 1.165) is 21.9 Å². The molecule has 0 saturated carbocycles. The van der Waals surface area contributed by atoms with Crippen LogP contribution in [0.15, 0.2) is 48.5 Å². The summed E-state index contributed by atoms with van der Waals surface area (Å²) in [5, 5.41) is 11.4. The van der Waals surface area contributed by atoms with Gasteiger partial charge in [0, 0.05) is 5.39 Å². The number of benzene rings is 3. The molecule has 0 atom stereocenters. The molecule has 3 aromatic carbocycles. The van der Waals surface area contributed by atoms with Crippen LogP contribution in [0.2, 0.25) is 0 Å². The highest BCUT2D eigenvalue weighted by Gasteiger charge is 2.16. The number of fused-ring (bicyclic) bond motifs is 1. The Morgan fingerprint density at radius 3 is 2.00 bits per heavy atom. The Balaban J connectivity index is 2.35. The number of rotatable bonds is 4. The van der Waals surface area contributed by atoms with Gasteiger partial charge < -0.3 is 14.2 Å². The lowest BCUT2D eigenvalue weighted by Gasteiger charge is -2.15. The molecule has 0 aliphatic carbocycles. The summed E-state index contributed by atoms with van der Waals surface area (Å²) in [5.74, 6) is 1.71. The van der Waals surface area contributed by atoms with Gasteiger partial charge in [0.15, 0.2) is 11.5 Å². The fourth-order valence-electron chi connectivity index (χ4n) is 2.91. The molecule has 0 aliphatic rings. The third kappa shape index (κ3) is 2.50. The van der Waals surface area contributed by atoms with E-state index in [1.807, 2.05) is 48.5 Å². The number of nitrogens with zero attached hydrogens (tertiary/aromatic N) is 1. The summed E-state index contributed by atoms with van der Waals surface area (Å²) in [6.07, 6.45) is 0. The molecule has 0 aromatic heterocycles. The van der Waals surface area contributed by atoms with Crippen LogP contribution in [0.1, 0.15) is 5.56 Å². The zero-order valence-corrected chi connectivity index (χ0v) is 13.8. The first-order chi connectivity index (χ1) is 11.7. The van der Waals surface area contributed by atoms with E-state index in [1.54, 1.807) is 21.3 Å². The highest BCUT2D eigenvalue weighted by atomic mass is 16.5. The normalized spacial score (nSPS) is 10.2. The zero-order valence-electron chi connectivity index (χ0n) is 13.8. The molecule has 0 radical (unpaired) electrons. The number of ether oxygens (including phenoxy) is 3. The molecule has 4 heteroatoms. The summed E-state index contributed by atoms with van der Waals surface area (Å²) >= 11 is 0. The second kappa shape index (κ2) is 6.51. The molecule has 120 valence electrons. The zero-order chi connectivity index (χ0) is 17.1. The van der Waals surface area contributed by atoms with Crippen LogP contribution in [-0.2, 0) is 0 Å². The highest BCUT2D eigenvalue weighted by molar-refractivity contribution is 6.00. The molecular weight excluding hydrogens is 302 g/mol. The Hall–Kier alpha value is -3.19. The standard InChI is InChI=1S/C20H17NO3/c1-22-17-10-15(11-18(23-2)20(17)24-3)16-9-5-7-13-6-4-8-14(12-21)19(13)16/h4-11H,1-3H3. The maximum atomic E-state index is 9.47. The number of hydrogen-bond donors (Lipinski definition) is 0. The van der Waals surface area contributed by atoms with Crippen LogP contribution in [0.4, 0.5) is 0 Å². The molecular formula is C20H17NO3. The lowest BCUT2D eigenvalue weighted by atomic mass is 9.94. The monoisotopic (exact) mass is 319 g/mol. The van der Waals surface area contributed by atoms with Gasteiger partial charge in [-0.05, 0) is 34.7 Å². The molecule has 3 aromatic rings. The highest BCUT2D eigenvalue weighted by Crippen LogP contribution is 2.42. The fourth-order valence-corrected chi connectivity index (χ4v) is 2.91. The van der Waals surface area contributed by atoms with E-state index in [1.165, 1.54) is 0 Å². The molecule has 0 saturated heterocycles. The molecule has 4 nitrogen and oxygen atoms in total. The van der Waals surface area contributed by atoms with Crippen molar-refractivity contribution in [3.63, 3.8) is 0 Å². The van der Waals surface area contributed by atoms with E-state index in [-0.39, 0.29) is 0 Å². The second-order valence-corrected chi connectivity index (χ2v) is 5.24. The van der Waals surface area contributed by atoms with Gasteiger partial charge in [-0.1, -0.05) is 30.3 Å². The summed E-state index contributed by atoms with van der Waals surface area (Å²) in [6, 6.07) is 17.7. The largest absolute Gasteiger partial charge is 0.493 e. The molecule has 3 rings (SSSR count). The summed E-state index contributed by atoms with van der Waals surface area (Å²) in [6.45, 7) is 0. The summed E-state index contributed by atoms with van der Waals surface area (Å²) in [7, 11) is 4.75. The predicted octanol–water partition coefficient (Wildman–Crippen LogP) is 4.40. The van der Waals surface area contributed by atoms with E-state index in [9.17, 15) is 5.26 Å². The molecule has 24 heavy (non-hydrogen) atoms. The summed E-state index contributed by atoms with van der Waals surface area (Å²) < 4.78 is 16.3. The van der Waals surface area contributed by atoms with E-state index < -0.39 is 0 Å². The Morgan fingerprint density at radius 2 is 1.46 bits per heavy atom. The van der Waals surface area contributed by atoms with Crippen molar-refractivity contribution in [3.8, 4) is 34.4 Å². The second-order valence-electron chi connectivity index (χ2n) is 5.24. The van der Waals surface area contributed by atoms with Gasteiger partial charge in [0.1, 0.15) is 0 Å². The van der Waals surface area contributed by atoms with Crippen LogP contribution in [0.25, 0.3) is 21.9 Å². The number of nitriles is 1. The minimum atomic E-state index is 0.546. The van der Waals surface area contributed by atoms with Crippen LogP contribution in [-0.4, -0.2) is 21.3 Å². The molecule has 0 amide bonds. The smallest absolute Gasteiger partial charge is 0.203 e. The van der Waals surface area contributed by atoms with Crippen LogP contribution in [0, 0.1) is 11.3 Å². The fraction of sp³-hybridized carbons (Fsp3) is 0.150. The third-order valence-electron chi connectivity index (χ3n) is 4.00. The van der Waals surface area contributed by atoms with Gasteiger partial charge in [-0.25, -0.2) is 0 Å². The van der Waals surface area contributed by atoms with Crippen molar-refractivity contribution in [3.05, 3.63) is 54.1 Å². The van der Waals surface area contributed by atoms with Crippen LogP contribution in [0.5, 0.6) is 17.2 Å². The molecule has 0 N–H and O–H groups in total. The average molecular weight is 319 g/mol. The van der Waals surface area contributed by atoms with E-state index in [2.05, 4.69) is 6.07 Å². The first kappa shape index (κ1) is 15.7. The topological polar surface area (TPSA) is 51.5 Å². The SMILES string of the molecule is COc1cc(-c2cccc3cccc(C#N)c23)cc(OC)c1OC. The lowest BCUT2D eigenvalue weighted by molar-refractivity contribution is 0.324. The van der Waals surface area contributed by atoms with Gasteiger partial charge >= 0.3 is 0 Å². The van der Waals surface area contributed by atoms with Gasteiger partial charge in [-0.2, -0.15) is 5.26 Å². The molecule has 0 heterocycles. The minimum absolute atomic E-state index is 0.546. The maximum absolute atomic E-state index is 9.47. The quantitative estimate of drug-likeness (QED) is 0.715. The first-order valence-electron chi connectivity index (χ1n) is 7.45. The van der Waals surface area contributed by atoms with Crippen LogP contribution >= 0.6 is 0 Å². The van der Waals surface area contributed by atoms with Gasteiger partial charge in [0.2, 0.25) is 5.75 Å². The van der Waals surface area contributed by atoms with Crippen molar-refractivity contribution in [2.75, 3.05) is 21.3 Å². The van der Waals surface area contributed by atoms with Gasteiger partial charge in [0.05, 0.1) is 33.0 Å². The van der Waals surface area contributed by atoms with Crippen molar-refractivity contribution in [2.24, 2.45) is 0 Å². The van der Waals surface area contributed by atoms with Crippen molar-refractivity contribution < 1.29 is 14.2 Å². The first-order valence-corrected chi connectivity index (χ1v) is 7.45. The van der Waals surface area contributed by atoms with Gasteiger partial charge in [-0.15, -0.1) is 0 Å². The average Bonchev–Trinajstić information content (AvgIpc) is 2.65. The van der Waals surface area contributed by atoms with Gasteiger partial charge in [-0.3, -0.25) is 0 Å². The molecule has 0 fully saturated rings. The van der Waals surface area contributed by atoms with E-state index >= 15 is 0 Å². The molecule has 0 spiro atoms. The van der Waals surface area contributed by atoms with Crippen LogP contribution in [0.3, 0.4) is 0 Å². The Bertz CT molecular complexity index is 911. The van der Waals surface area contributed by atoms with E-state index in [0.29, 0.717) is 22.8 Å². The lowest BCUT2D eigenvalue weighted by Crippen LogP contribution is -1.96. The van der Waals surface area contributed by atoms with Crippen molar-refractivity contribution in [2.45, 2.75) is 0 Å². The Morgan fingerprint density at radius 1 is 0.833 bits per heavy atom. The number of methoxy groups -OCH3 is 3. The maximum Gasteiger partial charge on any atom is 0.203 e. The summed E-state index contributed by atoms with van der Waals surface area (Å²) in [5.41, 5.74) is 2.48. The van der Waals surface area contributed by atoms with Crippen LogP contribution < -0.4 is 14.2 Å². The predicted molar refractivity (Wildman–Crippen MR) is 93.8 cm³/mol. The molecule has 0 unspecified atom stereocenters. The van der Waals surface area contributed by atoms with Crippen molar-refractivity contribution in [1.82, 2.24) is 0 Å². The third-order valence-corrected chi connectivity index (χ3v) is 4.00. The Kier molecular flexibility index (Phi) is 4.26. The minimum Gasteiger partial charge on any atom is -0.493 e. The Labute approximate surface area is 140 Å². The summed E-state index contributed by atoms with van der Waals surface area (Å²) in [4.78, 5) is 0. The number of hydrogen-bond acceptors (Lipinski definition) is 4. The molecule has 0 bridgehead atoms. The van der Waals surface area contributed by atoms with Gasteiger partial charge in [0.25, 0.3) is 0 Å². The van der Waals surface area contributed by atoms with Crippen molar-refractivity contribution in [1.29, 1.82) is 5.26 Å². The van der Waals surface area contributed by atoms with E-state index in [4.69, 9.17) is 14.2 Å². The molecule has 0 aliphatic heterocycles. The van der Waals surface area contributed by atoms with Crippen molar-refractivity contribution >= 4 is 10.8 Å².